The number of aliphatic hydroxyl groups is 1. The van der Waals surface area contributed by atoms with Crippen molar-refractivity contribution < 1.29 is 14.7 Å². The predicted molar refractivity (Wildman–Crippen MR) is 91.9 cm³/mol. The monoisotopic (exact) mass is 332 g/mol. The van der Waals surface area contributed by atoms with E-state index in [1.54, 1.807) is 35.6 Å². The van der Waals surface area contributed by atoms with Crippen LogP contribution in [0.1, 0.15) is 26.5 Å². The Kier molecular flexibility index (Phi) is 6.31. The van der Waals surface area contributed by atoms with Crippen LogP contribution in [0.25, 0.3) is 0 Å². The van der Waals surface area contributed by atoms with Gasteiger partial charge in [-0.2, -0.15) is 0 Å². The Labute approximate surface area is 139 Å². The number of aryl methyl sites for hydroxylation is 1. The summed E-state index contributed by atoms with van der Waals surface area (Å²) in [6, 6.07) is 10.7. The third kappa shape index (κ3) is 5.50. The third-order valence-corrected chi connectivity index (χ3v) is 4.18. The lowest BCUT2D eigenvalue weighted by atomic mass is 10.2. The number of anilines is 1. The van der Waals surface area contributed by atoms with Gasteiger partial charge in [-0.15, -0.1) is 11.3 Å². The van der Waals surface area contributed by atoms with Gasteiger partial charge in [0.2, 0.25) is 5.91 Å². The van der Waals surface area contributed by atoms with Gasteiger partial charge in [0.1, 0.15) is 0 Å². The zero-order valence-electron chi connectivity index (χ0n) is 13.0. The highest BCUT2D eigenvalue weighted by molar-refractivity contribution is 7.12. The van der Waals surface area contributed by atoms with Gasteiger partial charge >= 0.3 is 0 Å². The van der Waals surface area contributed by atoms with Crippen LogP contribution >= 0.6 is 11.3 Å². The fourth-order valence-corrected chi connectivity index (χ4v) is 2.92. The van der Waals surface area contributed by atoms with Crippen LogP contribution < -0.4 is 10.6 Å². The largest absolute Gasteiger partial charge is 0.396 e. The number of aliphatic hydroxyl groups excluding tert-OH is 1. The number of carbonyl (C=O) groups is 2. The zero-order valence-corrected chi connectivity index (χ0v) is 13.8. The fraction of sp³-hybridized carbons (Fsp3) is 0.294. The molecule has 0 spiro atoms. The predicted octanol–water partition coefficient (Wildman–Crippen LogP) is 2.35. The maximum absolute atomic E-state index is 12.0. The number of nitrogens with one attached hydrogen (secondary N) is 2. The minimum atomic E-state index is -0.189. The molecule has 0 radical (unpaired) electrons. The summed E-state index contributed by atoms with van der Waals surface area (Å²) < 4.78 is 0. The number of carbonyl (C=O) groups excluding carboxylic acids is 2. The van der Waals surface area contributed by atoms with Crippen molar-refractivity contribution in [2.45, 2.75) is 19.8 Å². The van der Waals surface area contributed by atoms with Crippen LogP contribution in [-0.2, 0) is 11.2 Å². The highest BCUT2D eigenvalue weighted by Gasteiger charge is 2.08. The fourth-order valence-electron chi connectivity index (χ4n) is 2.03. The molecule has 0 atom stereocenters. The first kappa shape index (κ1) is 17.2. The van der Waals surface area contributed by atoms with Crippen molar-refractivity contribution in [1.29, 1.82) is 0 Å². The lowest BCUT2D eigenvalue weighted by Crippen LogP contribution is -2.25. The van der Waals surface area contributed by atoms with Gasteiger partial charge in [-0.3, -0.25) is 9.59 Å². The normalized spacial score (nSPS) is 10.3. The molecular weight excluding hydrogens is 312 g/mol. The smallest absolute Gasteiger partial charge is 0.251 e. The van der Waals surface area contributed by atoms with E-state index in [4.69, 9.17) is 5.11 Å². The van der Waals surface area contributed by atoms with Crippen LogP contribution in [-0.4, -0.2) is 30.1 Å². The van der Waals surface area contributed by atoms with Gasteiger partial charge in [-0.25, -0.2) is 0 Å². The summed E-state index contributed by atoms with van der Waals surface area (Å²) >= 11 is 1.61. The average molecular weight is 332 g/mol. The Hall–Kier alpha value is -2.18. The van der Waals surface area contributed by atoms with Crippen molar-refractivity contribution in [2.24, 2.45) is 0 Å². The summed E-state index contributed by atoms with van der Waals surface area (Å²) in [5, 5.41) is 14.2. The molecule has 0 fully saturated rings. The van der Waals surface area contributed by atoms with E-state index in [0.717, 1.165) is 4.88 Å². The third-order valence-electron chi connectivity index (χ3n) is 3.18. The summed E-state index contributed by atoms with van der Waals surface area (Å²) in [5.74, 6) is -0.266. The van der Waals surface area contributed by atoms with Crippen molar-refractivity contribution in [1.82, 2.24) is 5.32 Å². The van der Waals surface area contributed by atoms with E-state index in [1.807, 2.05) is 19.1 Å². The molecule has 1 aromatic heterocycles. The van der Waals surface area contributed by atoms with Gasteiger partial charge in [0.15, 0.2) is 0 Å². The molecule has 1 heterocycles. The molecule has 1 aromatic carbocycles. The number of hydrogen-bond donors (Lipinski definition) is 3. The zero-order chi connectivity index (χ0) is 16.7. The molecule has 0 unspecified atom stereocenters. The Morgan fingerprint density at radius 3 is 2.48 bits per heavy atom. The molecule has 0 bridgehead atoms. The Morgan fingerprint density at radius 2 is 1.87 bits per heavy atom. The molecule has 3 N–H and O–H groups in total. The van der Waals surface area contributed by atoms with Crippen LogP contribution in [0.5, 0.6) is 0 Å². The number of hydrogen-bond acceptors (Lipinski definition) is 4. The number of rotatable bonds is 7. The second-order valence-electron chi connectivity index (χ2n) is 5.15. The lowest BCUT2D eigenvalue weighted by Gasteiger charge is -2.07. The molecular formula is C17H20N2O3S. The molecule has 0 aliphatic rings. The van der Waals surface area contributed by atoms with E-state index >= 15 is 0 Å². The van der Waals surface area contributed by atoms with Crippen molar-refractivity contribution >= 4 is 28.8 Å². The van der Waals surface area contributed by atoms with Crippen molar-refractivity contribution in [3.63, 3.8) is 0 Å². The van der Waals surface area contributed by atoms with E-state index in [0.29, 0.717) is 30.6 Å². The van der Waals surface area contributed by atoms with Crippen molar-refractivity contribution in [3.05, 3.63) is 51.7 Å². The SMILES string of the molecule is Cc1ccc(CC(=O)Nc2ccc(C(=O)NCCCO)cc2)s1. The summed E-state index contributed by atoms with van der Waals surface area (Å²) in [6.45, 7) is 2.50. The molecule has 23 heavy (non-hydrogen) atoms. The summed E-state index contributed by atoms with van der Waals surface area (Å²) in [6.07, 6.45) is 0.879. The molecule has 2 aromatic rings. The topological polar surface area (TPSA) is 78.4 Å². The van der Waals surface area contributed by atoms with E-state index in [1.165, 1.54) is 4.88 Å². The molecule has 0 saturated carbocycles. The first-order chi connectivity index (χ1) is 11.1. The Morgan fingerprint density at radius 1 is 1.13 bits per heavy atom. The van der Waals surface area contributed by atoms with Crippen LogP contribution in [0.2, 0.25) is 0 Å². The van der Waals surface area contributed by atoms with Gasteiger partial charge in [0.25, 0.3) is 5.91 Å². The second kappa shape index (κ2) is 8.45. The summed E-state index contributed by atoms with van der Waals surface area (Å²) in [7, 11) is 0. The highest BCUT2D eigenvalue weighted by Crippen LogP contribution is 2.16. The van der Waals surface area contributed by atoms with Crippen LogP contribution in [0.15, 0.2) is 36.4 Å². The maximum Gasteiger partial charge on any atom is 0.251 e. The average Bonchev–Trinajstić information content (AvgIpc) is 2.93. The molecule has 0 aliphatic carbocycles. The van der Waals surface area contributed by atoms with Crippen LogP contribution in [0.3, 0.4) is 0 Å². The molecule has 5 nitrogen and oxygen atoms in total. The minimum Gasteiger partial charge on any atom is -0.396 e. The molecule has 122 valence electrons. The minimum absolute atomic E-state index is 0.0506. The number of amides is 2. The number of thiophene rings is 1. The van der Waals surface area contributed by atoms with Crippen molar-refractivity contribution in [3.8, 4) is 0 Å². The quantitative estimate of drug-likeness (QED) is 0.681. The van der Waals surface area contributed by atoms with Gasteiger partial charge in [-0.05, 0) is 49.7 Å². The summed E-state index contributed by atoms with van der Waals surface area (Å²) in [5.41, 5.74) is 1.19. The maximum atomic E-state index is 12.0. The Balaban J connectivity index is 1.86. The molecule has 6 heteroatoms. The Bertz CT molecular complexity index is 665. The summed E-state index contributed by atoms with van der Waals surface area (Å²) in [4.78, 5) is 26.0. The number of benzene rings is 1. The van der Waals surface area contributed by atoms with Gasteiger partial charge in [0.05, 0.1) is 6.42 Å². The molecule has 2 amide bonds. The van der Waals surface area contributed by atoms with Gasteiger partial charge in [0, 0.05) is 34.2 Å². The standard InChI is InChI=1S/C17H20N2O3S/c1-12-3-8-15(23-12)11-16(21)19-14-6-4-13(5-7-14)17(22)18-9-2-10-20/h3-8,20H,2,9-11H2,1H3,(H,18,22)(H,19,21). The lowest BCUT2D eigenvalue weighted by molar-refractivity contribution is -0.115. The van der Waals surface area contributed by atoms with E-state index in [2.05, 4.69) is 10.6 Å². The van der Waals surface area contributed by atoms with E-state index in [9.17, 15) is 9.59 Å². The molecule has 2 rings (SSSR count). The van der Waals surface area contributed by atoms with E-state index in [-0.39, 0.29) is 18.4 Å². The molecule has 0 saturated heterocycles. The molecule has 0 aliphatic heterocycles. The van der Waals surface area contributed by atoms with Gasteiger partial charge < -0.3 is 15.7 Å². The van der Waals surface area contributed by atoms with Gasteiger partial charge in [-0.1, -0.05) is 0 Å². The first-order valence-corrected chi connectivity index (χ1v) is 8.24. The van der Waals surface area contributed by atoms with E-state index < -0.39 is 0 Å². The van der Waals surface area contributed by atoms with Crippen LogP contribution in [0, 0.1) is 6.92 Å². The van der Waals surface area contributed by atoms with Crippen molar-refractivity contribution in [2.75, 3.05) is 18.5 Å². The first-order valence-electron chi connectivity index (χ1n) is 7.43. The highest BCUT2D eigenvalue weighted by atomic mass is 32.1. The second-order valence-corrected chi connectivity index (χ2v) is 6.52. The van der Waals surface area contributed by atoms with Crippen LogP contribution in [0.4, 0.5) is 5.69 Å².